The Hall–Kier alpha value is -7.02. The lowest BCUT2D eigenvalue weighted by Gasteiger charge is -2.18. The van der Waals surface area contributed by atoms with Crippen molar-refractivity contribution in [3.05, 3.63) is 206 Å². The Morgan fingerprint density at radius 1 is 0.185 bits per heavy atom. The molecule has 0 spiro atoms. The van der Waals surface area contributed by atoms with Crippen molar-refractivity contribution in [2.24, 2.45) is 0 Å². The molecule has 0 saturated heterocycles. The van der Waals surface area contributed by atoms with E-state index < -0.39 is 0 Å². The minimum Gasteiger partial charge on any atom is -0.0616 e. The fraction of sp³-hybridized carbons (Fsp3) is 0. The molecule has 0 bridgehead atoms. The van der Waals surface area contributed by atoms with Crippen LogP contribution in [0.3, 0.4) is 0 Å². The van der Waals surface area contributed by atoms with Crippen molar-refractivity contribution in [3.8, 4) is 44.5 Å². The molecule has 0 heterocycles. The van der Waals surface area contributed by atoms with Gasteiger partial charge in [-0.1, -0.05) is 188 Å². The fourth-order valence-corrected chi connectivity index (χ4v) is 8.91. The van der Waals surface area contributed by atoms with Gasteiger partial charge < -0.3 is 0 Å². The first-order chi connectivity index (χ1) is 26.8. The van der Waals surface area contributed by atoms with E-state index in [1.165, 1.54) is 109 Å². The number of fused-ring (bicyclic) bond motifs is 7. The summed E-state index contributed by atoms with van der Waals surface area (Å²) in [5.41, 5.74) is 10.0. The molecule has 0 aromatic heterocycles. The largest absolute Gasteiger partial charge is 0.0616 e. The van der Waals surface area contributed by atoms with Gasteiger partial charge in [-0.15, -0.1) is 0 Å². The maximum atomic E-state index is 2.40. The Bertz CT molecular complexity index is 3190. The highest BCUT2D eigenvalue weighted by Gasteiger charge is 2.17. The third-order valence-corrected chi connectivity index (χ3v) is 11.4. The minimum atomic E-state index is 1.23. The molecule has 0 nitrogen and oxygen atoms in total. The predicted octanol–water partition coefficient (Wildman–Crippen LogP) is 15.3. The third-order valence-electron chi connectivity index (χ3n) is 11.4. The average Bonchev–Trinajstić information content (AvgIpc) is 3.24. The smallest absolute Gasteiger partial charge is 0.00262 e. The van der Waals surface area contributed by atoms with Crippen LogP contribution in [-0.2, 0) is 0 Å². The first-order valence-corrected chi connectivity index (χ1v) is 18.8. The lowest BCUT2D eigenvalue weighted by Crippen LogP contribution is -1.91. The van der Waals surface area contributed by atoms with Gasteiger partial charge in [0.25, 0.3) is 0 Å². The topological polar surface area (TPSA) is 0 Å². The van der Waals surface area contributed by atoms with E-state index in [1.54, 1.807) is 0 Å². The molecule has 0 N–H and O–H groups in total. The van der Waals surface area contributed by atoms with Crippen LogP contribution in [0, 0.1) is 0 Å². The molecule has 0 radical (unpaired) electrons. The van der Waals surface area contributed by atoms with E-state index in [0.717, 1.165) is 0 Å². The Kier molecular flexibility index (Phi) is 6.97. The highest BCUT2D eigenvalue weighted by Crippen LogP contribution is 2.45. The van der Waals surface area contributed by atoms with Crippen molar-refractivity contribution in [1.82, 2.24) is 0 Å². The predicted molar refractivity (Wildman–Crippen MR) is 233 cm³/mol. The SMILES string of the molecule is c1ccc2c(-c3ccc(-c4c5ccccc5c(-c5ccc6ccc(-c7cc8ccccc8c8ccccc78)cc6c5)c5ccccc45)cc3)cccc2c1. The lowest BCUT2D eigenvalue weighted by atomic mass is 9.85. The third kappa shape index (κ3) is 4.85. The maximum Gasteiger partial charge on any atom is -0.00262 e. The van der Waals surface area contributed by atoms with Crippen LogP contribution < -0.4 is 0 Å². The van der Waals surface area contributed by atoms with E-state index in [4.69, 9.17) is 0 Å². The van der Waals surface area contributed by atoms with Crippen molar-refractivity contribution in [2.45, 2.75) is 0 Å². The van der Waals surface area contributed by atoms with E-state index in [2.05, 4.69) is 206 Å². The maximum absolute atomic E-state index is 2.40. The van der Waals surface area contributed by atoms with Crippen LogP contribution in [0.5, 0.6) is 0 Å². The summed E-state index contributed by atoms with van der Waals surface area (Å²) in [6.45, 7) is 0. The van der Waals surface area contributed by atoms with Gasteiger partial charge in [0.05, 0.1) is 0 Å². The first-order valence-electron chi connectivity index (χ1n) is 18.8. The van der Waals surface area contributed by atoms with Crippen molar-refractivity contribution in [3.63, 3.8) is 0 Å². The number of hydrogen-bond acceptors (Lipinski definition) is 0. The molecule has 0 atom stereocenters. The molecule has 0 aliphatic carbocycles. The van der Waals surface area contributed by atoms with Gasteiger partial charge in [0.15, 0.2) is 0 Å². The van der Waals surface area contributed by atoms with Crippen LogP contribution >= 0.6 is 0 Å². The molecule has 0 saturated carbocycles. The molecule has 0 aliphatic rings. The summed E-state index contributed by atoms with van der Waals surface area (Å²) < 4.78 is 0. The lowest BCUT2D eigenvalue weighted by molar-refractivity contribution is 1.63. The number of rotatable bonds is 4. The number of benzene rings is 11. The van der Waals surface area contributed by atoms with Gasteiger partial charge >= 0.3 is 0 Å². The van der Waals surface area contributed by atoms with Crippen LogP contribution in [-0.4, -0.2) is 0 Å². The van der Waals surface area contributed by atoms with E-state index >= 15 is 0 Å². The quantitative estimate of drug-likeness (QED) is 0.128. The molecular formula is C54H34. The van der Waals surface area contributed by atoms with Crippen LogP contribution in [0.4, 0.5) is 0 Å². The normalized spacial score (nSPS) is 11.7. The molecule has 0 amide bonds. The molecule has 0 unspecified atom stereocenters. The number of hydrogen-bond donors (Lipinski definition) is 0. The van der Waals surface area contributed by atoms with Gasteiger partial charge in [-0.25, -0.2) is 0 Å². The standard InChI is InChI=1S/C54H34/c1-3-15-43-36(12-1)14-11-23-44(43)37-26-28-38(29-27-37)53-48-19-7-9-21-50(48)54(51-22-10-8-20-49(51)53)41-31-25-35-24-30-40(32-42(35)33-41)52-34-39-13-2-4-16-45(39)46-17-5-6-18-47(46)52/h1-34H. The fourth-order valence-electron chi connectivity index (χ4n) is 8.91. The molecule has 250 valence electrons. The van der Waals surface area contributed by atoms with E-state index in [1.807, 2.05) is 0 Å². The van der Waals surface area contributed by atoms with Crippen molar-refractivity contribution in [2.75, 3.05) is 0 Å². The summed E-state index contributed by atoms with van der Waals surface area (Å²) >= 11 is 0. The summed E-state index contributed by atoms with van der Waals surface area (Å²) in [6.07, 6.45) is 0. The molecular weight excluding hydrogens is 649 g/mol. The van der Waals surface area contributed by atoms with Gasteiger partial charge in [-0.2, -0.15) is 0 Å². The van der Waals surface area contributed by atoms with Gasteiger partial charge in [0.2, 0.25) is 0 Å². The Morgan fingerprint density at radius 3 is 1.33 bits per heavy atom. The second-order valence-corrected chi connectivity index (χ2v) is 14.4. The summed E-state index contributed by atoms with van der Waals surface area (Å²) in [5.74, 6) is 0. The average molecular weight is 683 g/mol. The summed E-state index contributed by atoms with van der Waals surface area (Å²) in [4.78, 5) is 0. The van der Waals surface area contributed by atoms with E-state index in [9.17, 15) is 0 Å². The van der Waals surface area contributed by atoms with E-state index in [0.29, 0.717) is 0 Å². The highest BCUT2D eigenvalue weighted by molar-refractivity contribution is 6.22. The molecule has 11 rings (SSSR count). The molecule has 11 aromatic rings. The molecule has 0 fully saturated rings. The van der Waals surface area contributed by atoms with Crippen molar-refractivity contribution >= 4 is 64.6 Å². The van der Waals surface area contributed by atoms with Gasteiger partial charge in [-0.05, 0) is 127 Å². The van der Waals surface area contributed by atoms with Crippen LogP contribution in [0.1, 0.15) is 0 Å². The summed E-state index contributed by atoms with van der Waals surface area (Å²) in [5, 5.41) is 15.2. The van der Waals surface area contributed by atoms with Gasteiger partial charge in [0, 0.05) is 0 Å². The van der Waals surface area contributed by atoms with Crippen molar-refractivity contribution < 1.29 is 0 Å². The van der Waals surface area contributed by atoms with Crippen molar-refractivity contribution in [1.29, 1.82) is 0 Å². The Labute approximate surface area is 314 Å². The molecule has 0 heteroatoms. The van der Waals surface area contributed by atoms with Gasteiger partial charge in [0.1, 0.15) is 0 Å². The zero-order chi connectivity index (χ0) is 35.6. The van der Waals surface area contributed by atoms with Crippen LogP contribution in [0.15, 0.2) is 206 Å². The highest BCUT2D eigenvalue weighted by atomic mass is 14.2. The summed E-state index contributed by atoms with van der Waals surface area (Å²) in [6, 6.07) is 76.1. The first kappa shape index (κ1) is 30.6. The zero-order valence-corrected chi connectivity index (χ0v) is 29.6. The second kappa shape index (κ2) is 12.3. The van der Waals surface area contributed by atoms with E-state index in [-0.39, 0.29) is 0 Å². The van der Waals surface area contributed by atoms with Gasteiger partial charge in [-0.3, -0.25) is 0 Å². The van der Waals surface area contributed by atoms with Crippen LogP contribution in [0.25, 0.3) is 109 Å². The molecule has 11 aromatic carbocycles. The molecule has 0 aliphatic heterocycles. The Morgan fingerprint density at radius 2 is 0.648 bits per heavy atom. The molecule has 54 heavy (non-hydrogen) atoms. The summed E-state index contributed by atoms with van der Waals surface area (Å²) in [7, 11) is 0. The monoisotopic (exact) mass is 682 g/mol. The second-order valence-electron chi connectivity index (χ2n) is 14.4. The Balaban J connectivity index is 1.08. The minimum absolute atomic E-state index is 1.23. The zero-order valence-electron chi connectivity index (χ0n) is 29.6. The van der Waals surface area contributed by atoms with Crippen LogP contribution in [0.2, 0.25) is 0 Å².